The van der Waals surface area contributed by atoms with E-state index in [-0.39, 0.29) is 5.78 Å². The molecular weight excluding hydrogens is 298 g/mol. The van der Waals surface area contributed by atoms with E-state index in [0.717, 1.165) is 36.3 Å². The fourth-order valence-corrected chi connectivity index (χ4v) is 3.59. The molecule has 2 aromatic carbocycles. The average molecular weight is 323 g/mol. The summed E-state index contributed by atoms with van der Waals surface area (Å²) >= 11 is 0. The molecule has 1 atom stereocenters. The third kappa shape index (κ3) is 3.36. The molecule has 3 nitrogen and oxygen atoms in total. The molecule has 0 bridgehead atoms. The summed E-state index contributed by atoms with van der Waals surface area (Å²) in [6.45, 7) is 4.99. The zero-order valence-corrected chi connectivity index (χ0v) is 14.7. The van der Waals surface area contributed by atoms with Crippen molar-refractivity contribution in [1.29, 1.82) is 0 Å². The second kappa shape index (κ2) is 7.18. The number of aryl methyl sites for hydroxylation is 1. The molecule has 0 heterocycles. The maximum Gasteiger partial charge on any atom is 0.159 e. The van der Waals surface area contributed by atoms with Gasteiger partial charge in [-0.15, -0.1) is 0 Å². The third-order valence-electron chi connectivity index (χ3n) is 4.82. The van der Waals surface area contributed by atoms with Gasteiger partial charge in [-0.3, -0.25) is 9.69 Å². The van der Waals surface area contributed by atoms with Crippen LogP contribution in [0.4, 0.5) is 0 Å². The Bertz CT molecular complexity index is 738. The van der Waals surface area contributed by atoms with E-state index in [1.807, 2.05) is 25.1 Å². The Morgan fingerprint density at radius 1 is 1.25 bits per heavy atom. The van der Waals surface area contributed by atoms with E-state index in [2.05, 4.69) is 36.2 Å². The van der Waals surface area contributed by atoms with Gasteiger partial charge in [0.15, 0.2) is 5.78 Å². The van der Waals surface area contributed by atoms with Crippen LogP contribution in [0.15, 0.2) is 42.5 Å². The maximum atomic E-state index is 11.7. The van der Waals surface area contributed by atoms with E-state index >= 15 is 0 Å². The van der Waals surface area contributed by atoms with Gasteiger partial charge in [0.1, 0.15) is 5.75 Å². The number of hydrogen-bond donors (Lipinski definition) is 0. The van der Waals surface area contributed by atoms with Gasteiger partial charge in [0.2, 0.25) is 0 Å². The SMILES string of the molecule is CCOc1ccc(C(C)=O)cc1CN(C)C1CCc2ccccc21. The molecule has 24 heavy (non-hydrogen) atoms. The first-order chi connectivity index (χ1) is 11.6. The summed E-state index contributed by atoms with van der Waals surface area (Å²) in [5.41, 5.74) is 4.71. The van der Waals surface area contributed by atoms with Crippen molar-refractivity contribution >= 4 is 5.78 Å². The molecule has 2 aromatic rings. The minimum Gasteiger partial charge on any atom is -0.494 e. The van der Waals surface area contributed by atoms with E-state index in [4.69, 9.17) is 4.74 Å². The lowest BCUT2D eigenvalue weighted by atomic mass is 10.0. The highest BCUT2D eigenvalue weighted by Gasteiger charge is 2.26. The standard InChI is InChI=1S/C21H25NO2/c1-4-24-21-12-10-17(15(2)23)13-18(21)14-22(3)20-11-9-16-7-5-6-8-19(16)20/h5-8,10,12-13,20H,4,9,11,14H2,1-3H3. The van der Waals surface area contributed by atoms with Crippen LogP contribution in [-0.4, -0.2) is 24.3 Å². The summed E-state index contributed by atoms with van der Waals surface area (Å²) in [4.78, 5) is 14.1. The smallest absolute Gasteiger partial charge is 0.159 e. The molecule has 0 spiro atoms. The predicted molar refractivity (Wildman–Crippen MR) is 96.6 cm³/mol. The predicted octanol–water partition coefficient (Wildman–Crippen LogP) is 4.41. The first-order valence-corrected chi connectivity index (χ1v) is 8.65. The topological polar surface area (TPSA) is 29.5 Å². The van der Waals surface area contributed by atoms with Gasteiger partial charge in [0.25, 0.3) is 0 Å². The molecule has 1 aliphatic carbocycles. The summed E-state index contributed by atoms with van der Waals surface area (Å²) in [6, 6.07) is 14.9. The highest BCUT2D eigenvalue weighted by molar-refractivity contribution is 5.94. The Kier molecular flexibility index (Phi) is 5.00. The molecule has 0 fully saturated rings. The number of fused-ring (bicyclic) bond motifs is 1. The Morgan fingerprint density at radius 2 is 2.04 bits per heavy atom. The molecule has 1 unspecified atom stereocenters. The van der Waals surface area contributed by atoms with Crippen molar-refractivity contribution in [1.82, 2.24) is 4.90 Å². The van der Waals surface area contributed by atoms with Gasteiger partial charge in [-0.05, 0) is 63.1 Å². The Balaban J connectivity index is 1.84. The molecular formula is C21H25NO2. The molecule has 0 radical (unpaired) electrons. The van der Waals surface area contributed by atoms with Crippen LogP contribution in [0.25, 0.3) is 0 Å². The molecule has 126 valence electrons. The zero-order chi connectivity index (χ0) is 17.1. The number of nitrogens with zero attached hydrogens (tertiary/aromatic N) is 1. The van der Waals surface area contributed by atoms with Gasteiger partial charge in [-0.1, -0.05) is 24.3 Å². The number of Topliss-reactive ketones (excluding diaryl/α,β-unsaturated/α-hetero) is 1. The number of benzene rings is 2. The molecule has 0 saturated carbocycles. The number of ketones is 1. The van der Waals surface area contributed by atoms with Crippen molar-refractivity contribution in [2.75, 3.05) is 13.7 Å². The van der Waals surface area contributed by atoms with Crippen molar-refractivity contribution in [3.8, 4) is 5.75 Å². The Labute approximate surface area is 144 Å². The number of rotatable bonds is 6. The minimum atomic E-state index is 0.0909. The highest BCUT2D eigenvalue weighted by Crippen LogP contribution is 2.36. The van der Waals surface area contributed by atoms with Gasteiger partial charge >= 0.3 is 0 Å². The van der Waals surface area contributed by atoms with Crippen LogP contribution in [0.3, 0.4) is 0 Å². The van der Waals surface area contributed by atoms with Gasteiger partial charge in [-0.25, -0.2) is 0 Å². The molecule has 0 aliphatic heterocycles. The Hall–Kier alpha value is -2.13. The lowest BCUT2D eigenvalue weighted by Crippen LogP contribution is -2.23. The van der Waals surface area contributed by atoms with E-state index in [1.54, 1.807) is 6.92 Å². The largest absolute Gasteiger partial charge is 0.494 e. The first-order valence-electron chi connectivity index (χ1n) is 8.65. The molecule has 0 aromatic heterocycles. The summed E-state index contributed by atoms with van der Waals surface area (Å²) in [7, 11) is 2.16. The highest BCUT2D eigenvalue weighted by atomic mass is 16.5. The van der Waals surface area contributed by atoms with Crippen LogP contribution in [0.5, 0.6) is 5.75 Å². The van der Waals surface area contributed by atoms with Crippen molar-refractivity contribution in [3.05, 3.63) is 64.7 Å². The van der Waals surface area contributed by atoms with Crippen molar-refractivity contribution in [3.63, 3.8) is 0 Å². The maximum absolute atomic E-state index is 11.7. The molecule has 1 aliphatic rings. The molecule has 0 N–H and O–H groups in total. The number of carbonyl (C=O) groups excluding carboxylic acids is 1. The van der Waals surface area contributed by atoms with Crippen LogP contribution in [0, 0.1) is 0 Å². The lowest BCUT2D eigenvalue weighted by molar-refractivity contribution is 0.101. The van der Waals surface area contributed by atoms with E-state index < -0.39 is 0 Å². The normalized spacial score (nSPS) is 16.2. The lowest BCUT2D eigenvalue weighted by Gasteiger charge is -2.26. The fraction of sp³-hybridized carbons (Fsp3) is 0.381. The first kappa shape index (κ1) is 16.7. The second-order valence-electron chi connectivity index (χ2n) is 6.48. The van der Waals surface area contributed by atoms with Crippen molar-refractivity contribution in [2.45, 2.75) is 39.3 Å². The number of carbonyl (C=O) groups is 1. The number of hydrogen-bond acceptors (Lipinski definition) is 3. The van der Waals surface area contributed by atoms with E-state index in [0.29, 0.717) is 12.6 Å². The van der Waals surface area contributed by atoms with Crippen LogP contribution in [0.1, 0.15) is 53.4 Å². The summed E-state index contributed by atoms with van der Waals surface area (Å²) in [6.07, 6.45) is 2.28. The van der Waals surface area contributed by atoms with Gasteiger partial charge in [-0.2, -0.15) is 0 Å². The van der Waals surface area contributed by atoms with Crippen LogP contribution < -0.4 is 4.74 Å². The van der Waals surface area contributed by atoms with E-state index in [1.165, 1.54) is 11.1 Å². The van der Waals surface area contributed by atoms with Gasteiger partial charge in [0.05, 0.1) is 6.61 Å². The quantitative estimate of drug-likeness (QED) is 0.738. The molecule has 3 heteroatoms. The average Bonchev–Trinajstić information content (AvgIpc) is 3.00. The summed E-state index contributed by atoms with van der Waals surface area (Å²) in [5.74, 6) is 0.966. The third-order valence-corrected chi connectivity index (χ3v) is 4.82. The monoisotopic (exact) mass is 323 g/mol. The van der Waals surface area contributed by atoms with Crippen molar-refractivity contribution < 1.29 is 9.53 Å². The molecule has 0 amide bonds. The number of ether oxygens (including phenoxy) is 1. The molecule has 3 rings (SSSR count). The van der Waals surface area contributed by atoms with E-state index in [9.17, 15) is 4.79 Å². The summed E-state index contributed by atoms with van der Waals surface area (Å²) in [5, 5.41) is 0. The Morgan fingerprint density at radius 3 is 2.79 bits per heavy atom. The van der Waals surface area contributed by atoms with Crippen LogP contribution in [0.2, 0.25) is 0 Å². The van der Waals surface area contributed by atoms with Gasteiger partial charge in [0, 0.05) is 23.7 Å². The van der Waals surface area contributed by atoms with Crippen LogP contribution in [-0.2, 0) is 13.0 Å². The zero-order valence-electron chi connectivity index (χ0n) is 14.7. The fourth-order valence-electron chi connectivity index (χ4n) is 3.59. The summed E-state index contributed by atoms with van der Waals surface area (Å²) < 4.78 is 5.77. The molecule has 0 saturated heterocycles. The minimum absolute atomic E-state index is 0.0909. The van der Waals surface area contributed by atoms with Crippen LogP contribution >= 0.6 is 0 Å². The van der Waals surface area contributed by atoms with Gasteiger partial charge < -0.3 is 4.74 Å². The van der Waals surface area contributed by atoms with Crippen molar-refractivity contribution in [2.24, 2.45) is 0 Å². The second-order valence-corrected chi connectivity index (χ2v) is 6.48.